The first-order valence-electron chi connectivity index (χ1n) is 4.46. The van der Waals surface area contributed by atoms with Crippen molar-refractivity contribution in [3.8, 4) is 0 Å². The fourth-order valence-corrected chi connectivity index (χ4v) is 2.46. The van der Waals surface area contributed by atoms with Crippen molar-refractivity contribution >= 4 is 28.4 Å². The summed E-state index contributed by atoms with van der Waals surface area (Å²) in [7, 11) is 1.92. The van der Waals surface area contributed by atoms with E-state index in [1.165, 1.54) is 17.7 Å². The van der Waals surface area contributed by atoms with Crippen LogP contribution in [0.15, 0.2) is 6.33 Å². The quantitative estimate of drug-likeness (QED) is 0.633. The topological polar surface area (TPSA) is 37.8 Å². The van der Waals surface area contributed by atoms with E-state index in [2.05, 4.69) is 37.9 Å². The SMILES string of the molecule is CNc1ncnc2c1CC(I)CC2. The molecule has 0 saturated heterocycles. The summed E-state index contributed by atoms with van der Waals surface area (Å²) in [6.45, 7) is 0. The Bertz CT molecular complexity index is 299. The number of nitrogens with zero attached hydrogens (tertiary/aromatic N) is 2. The van der Waals surface area contributed by atoms with E-state index in [9.17, 15) is 0 Å². The minimum Gasteiger partial charge on any atom is -0.373 e. The van der Waals surface area contributed by atoms with Crippen LogP contribution in [-0.2, 0) is 12.8 Å². The summed E-state index contributed by atoms with van der Waals surface area (Å²) < 4.78 is 0.739. The van der Waals surface area contributed by atoms with Crippen LogP contribution in [0.25, 0.3) is 0 Å². The van der Waals surface area contributed by atoms with Gasteiger partial charge in [-0.3, -0.25) is 0 Å². The van der Waals surface area contributed by atoms with E-state index in [0.29, 0.717) is 0 Å². The Labute approximate surface area is 91.5 Å². The predicted molar refractivity (Wildman–Crippen MR) is 61.4 cm³/mol. The second-order valence-corrected chi connectivity index (χ2v) is 5.00. The first kappa shape index (κ1) is 9.18. The lowest BCUT2D eigenvalue weighted by molar-refractivity contribution is 0.697. The van der Waals surface area contributed by atoms with Crippen LogP contribution in [0, 0.1) is 0 Å². The zero-order chi connectivity index (χ0) is 9.26. The van der Waals surface area contributed by atoms with Crippen LogP contribution in [0.3, 0.4) is 0 Å². The molecule has 0 spiro atoms. The lowest BCUT2D eigenvalue weighted by Gasteiger charge is -2.20. The van der Waals surface area contributed by atoms with Crippen molar-refractivity contribution in [2.75, 3.05) is 12.4 Å². The molecule has 0 aliphatic heterocycles. The molecule has 0 fully saturated rings. The van der Waals surface area contributed by atoms with E-state index >= 15 is 0 Å². The molecule has 1 unspecified atom stereocenters. The summed E-state index contributed by atoms with van der Waals surface area (Å²) in [5.41, 5.74) is 2.54. The van der Waals surface area contributed by atoms with E-state index in [-0.39, 0.29) is 0 Å². The molecule has 1 N–H and O–H groups in total. The van der Waals surface area contributed by atoms with Gasteiger partial charge in [-0.2, -0.15) is 0 Å². The summed E-state index contributed by atoms with van der Waals surface area (Å²) >= 11 is 2.50. The first-order chi connectivity index (χ1) is 6.31. The lowest BCUT2D eigenvalue weighted by Crippen LogP contribution is -2.17. The zero-order valence-corrected chi connectivity index (χ0v) is 9.71. The molecule has 1 aliphatic carbocycles. The van der Waals surface area contributed by atoms with Gasteiger partial charge in [0.05, 0.1) is 0 Å². The third-order valence-electron chi connectivity index (χ3n) is 2.39. The van der Waals surface area contributed by atoms with Gasteiger partial charge in [-0.15, -0.1) is 0 Å². The molecular formula is C9H12IN3. The molecule has 1 aromatic rings. The lowest BCUT2D eigenvalue weighted by atomic mass is 9.96. The summed E-state index contributed by atoms with van der Waals surface area (Å²) in [6.07, 6.45) is 5.10. The van der Waals surface area contributed by atoms with Gasteiger partial charge in [0, 0.05) is 22.2 Å². The summed E-state index contributed by atoms with van der Waals surface area (Å²) in [5, 5.41) is 3.12. The second kappa shape index (κ2) is 3.77. The average Bonchev–Trinajstić information content (AvgIpc) is 2.17. The number of alkyl halides is 1. The Morgan fingerprint density at radius 1 is 1.54 bits per heavy atom. The van der Waals surface area contributed by atoms with Crippen molar-refractivity contribution in [1.82, 2.24) is 9.97 Å². The highest BCUT2D eigenvalue weighted by molar-refractivity contribution is 14.1. The normalized spacial score (nSPS) is 20.9. The Balaban J connectivity index is 2.41. The highest BCUT2D eigenvalue weighted by Gasteiger charge is 2.20. The van der Waals surface area contributed by atoms with Crippen molar-refractivity contribution in [3.05, 3.63) is 17.6 Å². The summed E-state index contributed by atoms with van der Waals surface area (Å²) in [4.78, 5) is 8.53. The number of fused-ring (bicyclic) bond motifs is 1. The Morgan fingerprint density at radius 3 is 3.15 bits per heavy atom. The number of hydrogen-bond acceptors (Lipinski definition) is 3. The van der Waals surface area contributed by atoms with Gasteiger partial charge in [0.2, 0.25) is 0 Å². The van der Waals surface area contributed by atoms with Crippen LogP contribution in [0.5, 0.6) is 0 Å². The van der Waals surface area contributed by atoms with Crippen LogP contribution >= 0.6 is 22.6 Å². The molecule has 1 aliphatic rings. The van der Waals surface area contributed by atoms with E-state index in [1.807, 2.05) is 7.05 Å². The maximum Gasteiger partial charge on any atom is 0.132 e. The Hall–Kier alpha value is -0.390. The molecule has 3 nitrogen and oxygen atoms in total. The minimum atomic E-state index is 0.739. The molecule has 1 atom stereocenters. The van der Waals surface area contributed by atoms with Crippen molar-refractivity contribution in [1.29, 1.82) is 0 Å². The monoisotopic (exact) mass is 289 g/mol. The molecule has 2 rings (SSSR count). The highest BCUT2D eigenvalue weighted by atomic mass is 127. The van der Waals surface area contributed by atoms with Crippen molar-refractivity contribution in [2.45, 2.75) is 23.2 Å². The average molecular weight is 289 g/mol. The number of halogens is 1. The van der Waals surface area contributed by atoms with Crippen LogP contribution in [0.1, 0.15) is 17.7 Å². The Morgan fingerprint density at radius 2 is 2.38 bits per heavy atom. The molecule has 1 heterocycles. The third kappa shape index (κ3) is 1.77. The standard InChI is InChI=1S/C9H12IN3/c1-11-9-7-4-6(10)2-3-8(7)12-5-13-9/h5-6H,2-4H2,1H3,(H,11,12,13). The van der Waals surface area contributed by atoms with Gasteiger partial charge < -0.3 is 5.32 Å². The number of aryl methyl sites for hydroxylation is 1. The largest absolute Gasteiger partial charge is 0.373 e. The molecule has 0 bridgehead atoms. The summed E-state index contributed by atoms with van der Waals surface area (Å²) in [5.74, 6) is 1.01. The smallest absolute Gasteiger partial charge is 0.132 e. The van der Waals surface area contributed by atoms with Gasteiger partial charge in [-0.05, 0) is 19.3 Å². The fraction of sp³-hybridized carbons (Fsp3) is 0.556. The maximum atomic E-state index is 4.31. The maximum absolute atomic E-state index is 4.31. The van der Waals surface area contributed by atoms with Gasteiger partial charge in [0.1, 0.15) is 12.1 Å². The second-order valence-electron chi connectivity index (χ2n) is 3.24. The number of anilines is 1. The van der Waals surface area contributed by atoms with Crippen molar-refractivity contribution < 1.29 is 0 Å². The zero-order valence-electron chi connectivity index (χ0n) is 7.55. The van der Waals surface area contributed by atoms with Crippen LogP contribution in [0.4, 0.5) is 5.82 Å². The molecule has 1 aromatic heterocycles. The van der Waals surface area contributed by atoms with Crippen LogP contribution in [-0.4, -0.2) is 20.9 Å². The molecule has 13 heavy (non-hydrogen) atoms. The van der Waals surface area contributed by atoms with Gasteiger partial charge in [-0.25, -0.2) is 9.97 Å². The van der Waals surface area contributed by atoms with E-state index in [1.54, 1.807) is 6.33 Å². The first-order valence-corrected chi connectivity index (χ1v) is 5.70. The molecule has 70 valence electrons. The van der Waals surface area contributed by atoms with E-state index in [4.69, 9.17) is 0 Å². The van der Waals surface area contributed by atoms with Gasteiger partial charge in [0.15, 0.2) is 0 Å². The third-order valence-corrected chi connectivity index (χ3v) is 3.45. The van der Waals surface area contributed by atoms with Crippen molar-refractivity contribution in [2.24, 2.45) is 0 Å². The van der Waals surface area contributed by atoms with Gasteiger partial charge in [0.25, 0.3) is 0 Å². The minimum absolute atomic E-state index is 0.739. The predicted octanol–water partition coefficient (Wildman–Crippen LogP) is 1.81. The number of aromatic nitrogens is 2. The van der Waals surface area contributed by atoms with E-state index < -0.39 is 0 Å². The molecule has 4 heteroatoms. The molecule has 0 aromatic carbocycles. The molecule has 0 radical (unpaired) electrons. The van der Waals surface area contributed by atoms with Crippen molar-refractivity contribution in [3.63, 3.8) is 0 Å². The highest BCUT2D eigenvalue weighted by Crippen LogP contribution is 2.27. The summed E-state index contributed by atoms with van der Waals surface area (Å²) in [6, 6.07) is 0. The molecule has 0 saturated carbocycles. The number of nitrogens with one attached hydrogen (secondary N) is 1. The molecule has 0 amide bonds. The fourth-order valence-electron chi connectivity index (χ4n) is 1.71. The van der Waals surface area contributed by atoms with Gasteiger partial charge in [-0.1, -0.05) is 22.6 Å². The molecular weight excluding hydrogens is 277 g/mol. The Kier molecular flexibility index (Phi) is 2.66. The van der Waals surface area contributed by atoms with Gasteiger partial charge >= 0.3 is 0 Å². The van der Waals surface area contributed by atoms with Crippen LogP contribution in [0.2, 0.25) is 0 Å². The van der Waals surface area contributed by atoms with Crippen LogP contribution < -0.4 is 5.32 Å². The van der Waals surface area contributed by atoms with E-state index in [0.717, 1.165) is 22.6 Å². The number of hydrogen-bond donors (Lipinski definition) is 1. The number of rotatable bonds is 1.